The molecule has 0 unspecified atom stereocenters. The molecular formula is C11H21N3O. The van der Waals surface area contributed by atoms with Gasteiger partial charge in [0.05, 0.1) is 6.20 Å². The fourth-order valence-corrected chi connectivity index (χ4v) is 1.46. The van der Waals surface area contributed by atoms with E-state index in [4.69, 9.17) is 4.74 Å². The van der Waals surface area contributed by atoms with E-state index in [2.05, 4.69) is 16.6 Å². The van der Waals surface area contributed by atoms with Crippen molar-refractivity contribution in [2.45, 2.75) is 19.3 Å². The summed E-state index contributed by atoms with van der Waals surface area (Å²) >= 11 is 0. The van der Waals surface area contributed by atoms with Crippen LogP contribution >= 0.6 is 0 Å². The van der Waals surface area contributed by atoms with Gasteiger partial charge in [0.25, 0.3) is 0 Å². The van der Waals surface area contributed by atoms with Gasteiger partial charge in [-0.15, -0.1) is 0 Å². The van der Waals surface area contributed by atoms with Crippen LogP contribution < -0.4 is 5.32 Å². The number of nitrogens with zero attached hydrogens (tertiary/aromatic N) is 2. The molecule has 86 valence electrons. The minimum atomic E-state index is 0.865. The van der Waals surface area contributed by atoms with Crippen molar-refractivity contribution >= 4 is 0 Å². The zero-order valence-corrected chi connectivity index (χ0v) is 9.70. The maximum atomic E-state index is 4.98. The smallest absolute Gasteiger partial charge is 0.0522 e. The lowest BCUT2D eigenvalue weighted by atomic mass is 10.2. The van der Waals surface area contributed by atoms with E-state index in [1.54, 1.807) is 7.11 Å². The Hall–Kier alpha value is -0.870. The average Bonchev–Trinajstić information content (AvgIpc) is 2.63. The van der Waals surface area contributed by atoms with Crippen molar-refractivity contribution in [1.29, 1.82) is 0 Å². The Morgan fingerprint density at radius 1 is 1.40 bits per heavy atom. The molecule has 4 nitrogen and oxygen atoms in total. The van der Waals surface area contributed by atoms with E-state index in [1.165, 1.54) is 12.0 Å². The van der Waals surface area contributed by atoms with E-state index >= 15 is 0 Å². The fourth-order valence-electron chi connectivity index (χ4n) is 1.46. The van der Waals surface area contributed by atoms with Crippen LogP contribution in [0.4, 0.5) is 0 Å². The largest absolute Gasteiger partial charge is 0.385 e. The quantitative estimate of drug-likeness (QED) is 0.651. The van der Waals surface area contributed by atoms with Crippen LogP contribution in [-0.4, -0.2) is 36.6 Å². The highest BCUT2D eigenvalue weighted by Gasteiger charge is 1.95. The normalized spacial score (nSPS) is 10.8. The maximum absolute atomic E-state index is 4.98. The second-order valence-electron chi connectivity index (χ2n) is 3.72. The highest BCUT2D eigenvalue weighted by molar-refractivity contribution is 5.03. The predicted octanol–water partition coefficient (Wildman–Crippen LogP) is 0.979. The second kappa shape index (κ2) is 7.43. The Morgan fingerprint density at radius 2 is 2.27 bits per heavy atom. The standard InChI is InChI=1S/C11H21N3O/c1-14-10-11(9-13-14)5-7-12-6-3-4-8-15-2/h9-10,12H,3-8H2,1-2H3. The van der Waals surface area contributed by atoms with Gasteiger partial charge in [0.15, 0.2) is 0 Å². The van der Waals surface area contributed by atoms with Crippen LogP contribution in [0.5, 0.6) is 0 Å². The molecule has 0 aliphatic rings. The molecule has 0 saturated carbocycles. The van der Waals surface area contributed by atoms with Gasteiger partial charge < -0.3 is 10.1 Å². The Balaban J connectivity index is 1.93. The fraction of sp³-hybridized carbons (Fsp3) is 0.727. The van der Waals surface area contributed by atoms with E-state index in [9.17, 15) is 0 Å². The van der Waals surface area contributed by atoms with Gasteiger partial charge >= 0.3 is 0 Å². The van der Waals surface area contributed by atoms with Crippen LogP contribution in [0.15, 0.2) is 12.4 Å². The first-order valence-electron chi connectivity index (χ1n) is 5.50. The van der Waals surface area contributed by atoms with E-state index in [-0.39, 0.29) is 0 Å². The van der Waals surface area contributed by atoms with Crippen LogP contribution in [0.3, 0.4) is 0 Å². The first-order chi connectivity index (χ1) is 7.33. The van der Waals surface area contributed by atoms with Crippen LogP contribution in [0.1, 0.15) is 18.4 Å². The number of nitrogens with one attached hydrogen (secondary N) is 1. The molecule has 4 heteroatoms. The van der Waals surface area contributed by atoms with E-state index < -0.39 is 0 Å². The van der Waals surface area contributed by atoms with Gasteiger partial charge in [0, 0.05) is 27.0 Å². The van der Waals surface area contributed by atoms with Gasteiger partial charge in [-0.2, -0.15) is 5.10 Å². The topological polar surface area (TPSA) is 39.1 Å². The van der Waals surface area contributed by atoms with Crippen LogP contribution in [0.2, 0.25) is 0 Å². The molecule has 0 fully saturated rings. The lowest BCUT2D eigenvalue weighted by molar-refractivity contribution is 0.192. The second-order valence-corrected chi connectivity index (χ2v) is 3.72. The molecule has 0 aliphatic carbocycles. The molecule has 0 atom stereocenters. The van der Waals surface area contributed by atoms with Gasteiger partial charge in [-0.05, 0) is 37.9 Å². The van der Waals surface area contributed by atoms with Crippen molar-refractivity contribution < 1.29 is 4.74 Å². The van der Waals surface area contributed by atoms with Crippen molar-refractivity contribution in [3.8, 4) is 0 Å². The van der Waals surface area contributed by atoms with Gasteiger partial charge in [-0.3, -0.25) is 4.68 Å². The maximum Gasteiger partial charge on any atom is 0.0522 e. The summed E-state index contributed by atoms with van der Waals surface area (Å²) in [5.74, 6) is 0. The molecule has 1 aromatic rings. The summed E-state index contributed by atoms with van der Waals surface area (Å²) in [4.78, 5) is 0. The zero-order chi connectivity index (χ0) is 10.9. The number of methoxy groups -OCH3 is 1. The molecule has 1 aromatic heterocycles. The van der Waals surface area contributed by atoms with Crippen LogP contribution in [-0.2, 0) is 18.2 Å². The number of aromatic nitrogens is 2. The van der Waals surface area contributed by atoms with Crippen LogP contribution in [0.25, 0.3) is 0 Å². The van der Waals surface area contributed by atoms with Crippen molar-refractivity contribution in [1.82, 2.24) is 15.1 Å². The van der Waals surface area contributed by atoms with Crippen molar-refractivity contribution in [2.75, 3.05) is 26.8 Å². The van der Waals surface area contributed by atoms with Gasteiger partial charge in [-0.25, -0.2) is 0 Å². The average molecular weight is 211 g/mol. The summed E-state index contributed by atoms with van der Waals surface area (Å²) in [7, 11) is 3.69. The third-order valence-electron chi connectivity index (χ3n) is 2.30. The highest BCUT2D eigenvalue weighted by Crippen LogP contribution is 1.96. The lowest BCUT2D eigenvalue weighted by Gasteiger charge is -2.02. The van der Waals surface area contributed by atoms with Crippen molar-refractivity contribution in [2.24, 2.45) is 7.05 Å². The molecule has 0 bridgehead atoms. The molecule has 0 amide bonds. The molecule has 1 N–H and O–H groups in total. The third kappa shape index (κ3) is 5.54. The monoisotopic (exact) mass is 211 g/mol. The number of ether oxygens (including phenoxy) is 1. The number of hydrogen-bond donors (Lipinski definition) is 1. The highest BCUT2D eigenvalue weighted by atomic mass is 16.5. The van der Waals surface area contributed by atoms with Crippen LogP contribution in [0, 0.1) is 0 Å². The summed E-state index contributed by atoms with van der Waals surface area (Å²) < 4.78 is 6.82. The van der Waals surface area contributed by atoms with Crippen molar-refractivity contribution in [3.63, 3.8) is 0 Å². The number of unbranched alkanes of at least 4 members (excludes halogenated alkanes) is 1. The molecule has 0 spiro atoms. The summed E-state index contributed by atoms with van der Waals surface area (Å²) in [5.41, 5.74) is 1.29. The Bertz CT molecular complexity index is 260. The van der Waals surface area contributed by atoms with E-state index in [0.29, 0.717) is 0 Å². The number of aryl methyl sites for hydroxylation is 1. The SMILES string of the molecule is COCCCCNCCc1cnn(C)c1. The summed E-state index contributed by atoms with van der Waals surface area (Å²) in [6.07, 6.45) is 7.36. The van der Waals surface area contributed by atoms with Gasteiger partial charge in [-0.1, -0.05) is 0 Å². The summed E-state index contributed by atoms with van der Waals surface area (Å²) in [5, 5.41) is 7.54. The van der Waals surface area contributed by atoms with E-state index in [1.807, 2.05) is 17.9 Å². The minimum Gasteiger partial charge on any atom is -0.385 e. The van der Waals surface area contributed by atoms with E-state index in [0.717, 1.165) is 32.5 Å². The zero-order valence-electron chi connectivity index (χ0n) is 9.70. The first kappa shape index (κ1) is 12.2. The minimum absolute atomic E-state index is 0.865. The number of rotatable bonds is 8. The molecule has 0 aliphatic heterocycles. The summed E-state index contributed by atoms with van der Waals surface area (Å²) in [6.45, 7) is 2.96. The Labute approximate surface area is 91.6 Å². The summed E-state index contributed by atoms with van der Waals surface area (Å²) in [6, 6.07) is 0. The molecule has 1 rings (SSSR count). The Kier molecular flexibility index (Phi) is 6.04. The Morgan fingerprint density at radius 3 is 2.93 bits per heavy atom. The molecule has 0 radical (unpaired) electrons. The van der Waals surface area contributed by atoms with Gasteiger partial charge in [0.2, 0.25) is 0 Å². The van der Waals surface area contributed by atoms with Gasteiger partial charge in [0.1, 0.15) is 0 Å². The predicted molar refractivity (Wildman–Crippen MR) is 60.9 cm³/mol. The first-order valence-corrected chi connectivity index (χ1v) is 5.50. The molecular weight excluding hydrogens is 190 g/mol. The molecule has 15 heavy (non-hydrogen) atoms. The molecule has 1 heterocycles. The lowest BCUT2D eigenvalue weighted by Crippen LogP contribution is -2.18. The van der Waals surface area contributed by atoms with Crippen molar-refractivity contribution in [3.05, 3.63) is 18.0 Å². The molecule has 0 aromatic carbocycles. The molecule has 0 saturated heterocycles. The number of hydrogen-bond acceptors (Lipinski definition) is 3. The third-order valence-corrected chi connectivity index (χ3v) is 2.30.